The number of hydrogen-bond donors (Lipinski definition) is 3. The van der Waals surface area contributed by atoms with Crippen LogP contribution in [0.4, 0.5) is 8.78 Å². The van der Waals surface area contributed by atoms with Crippen LogP contribution in [0.1, 0.15) is 72.4 Å². The smallest absolute Gasteiger partial charge is 0.253 e. The number of nitrogens with zero attached hydrogens (tertiary/aromatic N) is 2. The summed E-state index contributed by atoms with van der Waals surface area (Å²) < 4.78 is 27.9. The van der Waals surface area contributed by atoms with E-state index in [0.717, 1.165) is 36.6 Å². The van der Waals surface area contributed by atoms with Crippen molar-refractivity contribution in [1.82, 2.24) is 20.4 Å². The Morgan fingerprint density at radius 1 is 0.929 bits per heavy atom. The molecule has 2 aromatic carbocycles. The van der Waals surface area contributed by atoms with Gasteiger partial charge in [-0.15, -0.1) is 0 Å². The maximum absolute atomic E-state index is 14.0. The number of hydrogen-bond acceptors (Lipinski definition) is 5. The van der Waals surface area contributed by atoms with E-state index in [9.17, 15) is 28.3 Å². The Morgan fingerprint density at radius 2 is 1.52 bits per heavy atom. The molecule has 0 aliphatic carbocycles. The van der Waals surface area contributed by atoms with E-state index in [1.807, 2.05) is 27.7 Å². The zero-order valence-corrected chi connectivity index (χ0v) is 25.7. The lowest BCUT2D eigenvalue weighted by molar-refractivity contribution is -0.122. The van der Waals surface area contributed by atoms with Crippen molar-refractivity contribution in [3.63, 3.8) is 0 Å². The van der Waals surface area contributed by atoms with Crippen molar-refractivity contribution < 1.29 is 28.3 Å². The molecule has 0 saturated heterocycles. The van der Waals surface area contributed by atoms with Crippen LogP contribution in [0.25, 0.3) is 0 Å². The minimum Gasteiger partial charge on any atom is -0.390 e. The molecule has 0 aliphatic heterocycles. The fourth-order valence-electron chi connectivity index (χ4n) is 4.72. The molecule has 0 bridgehead atoms. The van der Waals surface area contributed by atoms with Crippen LogP contribution in [0.15, 0.2) is 36.4 Å². The van der Waals surface area contributed by atoms with Gasteiger partial charge in [-0.05, 0) is 80.6 Å². The summed E-state index contributed by atoms with van der Waals surface area (Å²) in [6.45, 7) is 11.5. The Balaban J connectivity index is 2.29. The molecule has 10 heteroatoms. The van der Waals surface area contributed by atoms with Crippen LogP contribution in [0.2, 0.25) is 0 Å². The summed E-state index contributed by atoms with van der Waals surface area (Å²) in [6.07, 6.45) is 0.365. The van der Waals surface area contributed by atoms with Gasteiger partial charge in [0.05, 0.1) is 18.7 Å². The number of nitrogens with one attached hydrogen (secondary N) is 2. The molecule has 2 aromatic rings. The molecule has 8 nitrogen and oxygen atoms in total. The lowest BCUT2D eigenvalue weighted by Gasteiger charge is -2.28. The van der Waals surface area contributed by atoms with E-state index < -0.39 is 29.7 Å². The molecular weight excluding hydrogens is 542 g/mol. The molecule has 0 saturated carbocycles. The number of halogens is 2. The van der Waals surface area contributed by atoms with Crippen molar-refractivity contribution in [1.29, 1.82) is 0 Å². The molecule has 0 heterocycles. The van der Waals surface area contributed by atoms with Gasteiger partial charge >= 0.3 is 0 Å². The van der Waals surface area contributed by atoms with Crippen LogP contribution in [-0.2, 0) is 11.2 Å². The SMILES string of the molecule is CCCN(CCC)C(=O)c1cc(C)cc(C(=O)N[C@@H](Cc2cc(F)cc(F)c2)[C@H](O)CN(C)CC(=O)NCC(C)C)c1. The number of carbonyl (C=O) groups excluding carboxylic acids is 3. The van der Waals surface area contributed by atoms with Crippen molar-refractivity contribution in [3.05, 3.63) is 70.3 Å². The van der Waals surface area contributed by atoms with E-state index in [1.54, 1.807) is 35.9 Å². The number of amides is 3. The predicted molar refractivity (Wildman–Crippen MR) is 160 cm³/mol. The Hall–Kier alpha value is -3.37. The number of aryl methyl sites for hydroxylation is 1. The molecule has 42 heavy (non-hydrogen) atoms. The molecule has 0 fully saturated rings. The fourth-order valence-corrected chi connectivity index (χ4v) is 4.72. The first-order chi connectivity index (χ1) is 19.8. The second kappa shape index (κ2) is 16.9. The summed E-state index contributed by atoms with van der Waals surface area (Å²) in [5, 5.41) is 16.8. The van der Waals surface area contributed by atoms with Crippen molar-refractivity contribution in [3.8, 4) is 0 Å². The first-order valence-corrected chi connectivity index (χ1v) is 14.6. The Morgan fingerprint density at radius 3 is 2.10 bits per heavy atom. The summed E-state index contributed by atoms with van der Waals surface area (Å²) in [6, 6.07) is 7.01. The van der Waals surface area contributed by atoms with Gasteiger partial charge in [0.2, 0.25) is 5.91 Å². The lowest BCUT2D eigenvalue weighted by Crippen LogP contribution is -2.50. The highest BCUT2D eigenvalue weighted by Gasteiger charge is 2.26. The van der Waals surface area contributed by atoms with Crippen LogP contribution < -0.4 is 10.6 Å². The summed E-state index contributed by atoms with van der Waals surface area (Å²) in [7, 11) is 1.66. The molecule has 0 radical (unpaired) electrons. The van der Waals surface area contributed by atoms with Crippen molar-refractivity contribution >= 4 is 17.7 Å². The van der Waals surface area contributed by atoms with Crippen LogP contribution in [-0.4, -0.2) is 84.5 Å². The highest BCUT2D eigenvalue weighted by atomic mass is 19.1. The Bertz CT molecular complexity index is 1180. The van der Waals surface area contributed by atoms with E-state index in [-0.39, 0.29) is 48.4 Å². The van der Waals surface area contributed by atoms with Crippen LogP contribution in [0.3, 0.4) is 0 Å². The summed E-state index contributed by atoms with van der Waals surface area (Å²) in [4.78, 5) is 42.3. The average Bonchev–Trinajstić information content (AvgIpc) is 2.90. The van der Waals surface area contributed by atoms with Crippen LogP contribution >= 0.6 is 0 Å². The zero-order valence-electron chi connectivity index (χ0n) is 25.7. The molecule has 0 aliphatic rings. The highest BCUT2D eigenvalue weighted by Crippen LogP contribution is 2.16. The molecule has 232 valence electrons. The van der Waals surface area contributed by atoms with Crippen molar-refractivity contribution in [2.75, 3.05) is 39.8 Å². The summed E-state index contributed by atoms with van der Waals surface area (Å²) in [5.41, 5.74) is 1.59. The zero-order chi connectivity index (χ0) is 31.4. The third-order valence-corrected chi connectivity index (χ3v) is 6.64. The highest BCUT2D eigenvalue weighted by molar-refractivity contribution is 6.00. The van der Waals surface area contributed by atoms with Gasteiger partial charge in [0, 0.05) is 43.4 Å². The van der Waals surface area contributed by atoms with Crippen LogP contribution in [0, 0.1) is 24.5 Å². The molecule has 0 unspecified atom stereocenters. The number of benzene rings is 2. The number of aliphatic hydroxyl groups excluding tert-OH is 1. The maximum atomic E-state index is 14.0. The predicted octanol–water partition coefficient (Wildman–Crippen LogP) is 3.94. The number of rotatable bonds is 16. The maximum Gasteiger partial charge on any atom is 0.253 e. The van der Waals surface area contributed by atoms with Crippen molar-refractivity contribution in [2.45, 2.75) is 66.0 Å². The van der Waals surface area contributed by atoms with Gasteiger partial charge in [-0.1, -0.05) is 27.7 Å². The van der Waals surface area contributed by atoms with Crippen molar-refractivity contribution in [2.24, 2.45) is 5.92 Å². The van der Waals surface area contributed by atoms with Gasteiger partial charge in [-0.25, -0.2) is 8.78 Å². The fraction of sp³-hybridized carbons (Fsp3) is 0.531. The largest absolute Gasteiger partial charge is 0.390 e. The van der Waals surface area contributed by atoms with Gasteiger partial charge in [-0.2, -0.15) is 0 Å². The van der Waals surface area contributed by atoms with E-state index in [0.29, 0.717) is 25.2 Å². The standard InChI is InChI=1S/C32H46F2N4O4/c1-7-9-38(10-8-2)32(42)25-12-22(5)11-24(16-25)31(41)36-28(15-23-13-26(33)17-27(34)14-23)29(39)19-37(6)20-30(40)35-18-21(3)4/h11-14,16-17,21,28-29,39H,7-10,15,18-20H2,1-6H3,(H,35,40)(H,36,41)/t28-,29+/m0/s1. The monoisotopic (exact) mass is 588 g/mol. The normalized spacial score (nSPS) is 12.7. The van der Waals surface area contributed by atoms with E-state index >= 15 is 0 Å². The molecule has 2 atom stereocenters. The first-order valence-electron chi connectivity index (χ1n) is 14.6. The minimum absolute atomic E-state index is 0.0123. The van der Waals surface area contributed by atoms with Gasteiger partial charge in [0.25, 0.3) is 11.8 Å². The first kappa shape index (κ1) is 34.8. The Labute approximate surface area is 248 Å². The molecule has 2 rings (SSSR count). The average molecular weight is 589 g/mol. The van der Waals surface area contributed by atoms with Gasteiger partial charge in [0.15, 0.2) is 0 Å². The summed E-state index contributed by atoms with van der Waals surface area (Å²) in [5.74, 6) is -2.16. The van der Waals surface area contributed by atoms with E-state index in [4.69, 9.17) is 0 Å². The Kier molecular flexibility index (Phi) is 14.0. The molecule has 0 aromatic heterocycles. The van der Waals surface area contributed by atoms with E-state index in [1.165, 1.54) is 6.07 Å². The topological polar surface area (TPSA) is 102 Å². The minimum atomic E-state index is -1.18. The molecule has 3 N–H and O–H groups in total. The van der Waals surface area contributed by atoms with Gasteiger partial charge in [-0.3, -0.25) is 19.3 Å². The number of aliphatic hydroxyl groups is 1. The summed E-state index contributed by atoms with van der Waals surface area (Å²) >= 11 is 0. The number of carbonyl (C=O) groups is 3. The third-order valence-electron chi connectivity index (χ3n) is 6.64. The molecular formula is C32H46F2N4O4. The third kappa shape index (κ3) is 11.5. The molecule has 0 spiro atoms. The second-order valence-corrected chi connectivity index (χ2v) is 11.4. The van der Waals surface area contributed by atoms with Gasteiger partial charge < -0.3 is 20.6 Å². The number of likely N-dealkylation sites (N-methyl/N-ethyl adjacent to an activating group) is 1. The van der Waals surface area contributed by atoms with Gasteiger partial charge in [0.1, 0.15) is 11.6 Å². The second-order valence-electron chi connectivity index (χ2n) is 11.4. The quantitative estimate of drug-likeness (QED) is 0.276. The van der Waals surface area contributed by atoms with Crippen LogP contribution in [0.5, 0.6) is 0 Å². The molecule has 3 amide bonds. The lowest BCUT2D eigenvalue weighted by atomic mass is 9.99. The van der Waals surface area contributed by atoms with E-state index in [2.05, 4.69) is 10.6 Å².